The minimum atomic E-state index is -0.592. The van der Waals surface area contributed by atoms with E-state index >= 15 is 0 Å². The standard InChI is InChI=1S/C21H28I3NO4/c1-6-20(2,3)29-19(27)25-9-7-13(8-10-25)21(4,5)28-18(26)15-11-14(22)12-16(23)17(15)24/h11-13H,6-10H2,1-5H3/p+1. The van der Waals surface area contributed by atoms with E-state index in [4.69, 9.17) is 9.47 Å². The molecular formula is C21H29I3NO4+. The van der Waals surface area contributed by atoms with Crippen molar-refractivity contribution in [3.63, 3.8) is 0 Å². The minimum absolute atomic E-state index is 0.173. The van der Waals surface area contributed by atoms with Gasteiger partial charge >= 0.3 is 12.1 Å². The van der Waals surface area contributed by atoms with Gasteiger partial charge in [0.2, 0.25) is 0 Å². The van der Waals surface area contributed by atoms with Crippen LogP contribution in [0.15, 0.2) is 12.1 Å². The molecule has 1 aromatic rings. The molecular weight excluding hydrogens is 711 g/mol. The number of rotatable bonds is 5. The van der Waals surface area contributed by atoms with Gasteiger partial charge in [0, 0.05) is 29.5 Å². The van der Waals surface area contributed by atoms with Crippen molar-refractivity contribution in [3.8, 4) is 0 Å². The molecule has 5 nitrogen and oxygen atoms in total. The van der Waals surface area contributed by atoms with E-state index in [1.807, 2.05) is 46.8 Å². The van der Waals surface area contributed by atoms with Crippen LogP contribution < -0.4 is 4.90 Å². The number of amides is 1. The molecule has 162 valence electrons. The lowest BCUT2D eigenvalue weighted by Crippen LogP contribution is -3.16. The Morgan fingerprint density at radius 2 is 1.66 bits per heavy atom. The molecule has 0 saturated carbocycles. The fourth-order valence-corrected chi connectivity index (χ4v) is 5.72. The summed E-state index contributed by atoms with van der Waals surface area (Å²) < 4.78 is 14.6. The number of esters is 1. The van der Waals surface area contributed by atoms with Crippen molar-refractivity contribution < 1.29 is 24.0 Å². The molecule has 1 amide bonds. The molecule has 1 aromatic carbocycles. The van der Waals surface area contributed by atoms with Crippen molar-refractivity contribution in [1.82, 2.24) is 0 Å². The predicted octanol–water partition coefficient (Wildman–Crippen LogP) is 5.06. The number of carbonyl (C=O) groups excluding carboxylic acids is 2. The molecule has 0 atom stereocenters. The number of nitrogens with one attached hydrogen (secondary N) is 1. The Hall–Kier alpha value is 0.310. The van der Waals surface area contributed by atoms with E-state index in [0.717, 1.165) is 34.9 Å². The zero-order chi connectivity index (χ0) is 22.0. The van der Waals surface area contributed by atoms with E-state index in [0.29, 0.717) is 18.7 Å². The predicted molar refractivity (Wildman–Crippen MR) is 138 cm³/mol. The fraction of sp³-hybridized carbons (Fsp3) is 0.619. The molecule has 0 aliphatic carbocycles. The van der Waals surface area contributed by atoms with Crippen molar-refractivity contribution in [2.45, 2.75) is 65.1 Å². The van der Waals surface area contributed by atoms with Crippen molar-refractivity contribution in [3.05, 3.63) is 28.4 Å². The molecule has 1 aliphatic heterocycles. The van der Waals surface area contributed by atoms with Gasteiger partial charge in [-0.3, -0.25) is 0 Å². The van der Waals surface area contributed by atoms with Crippen LogP contribution in [-0.4, -0.2) is 36.4 Å². The number of likely N-dealkylation sites (tertiary alicyclic amines) is 1. The molecule has 0 unspecified atom stereocenters. The summed E-state index contributed by atoms with van der Waals surface area (Å²) in [4.78, 5) is 26.2. The molecule has 0 radical (unpaired) electrons. The molecule has 8 heteroatoms. The lowest BCUT2D eigenvalue weighted by molar-refractivity contribution is -0.832. The average Bonchev–Trinajstić information content (AvgIpc) is 2.64. The Bertz CT molecular complexity index is 771. The highest BCUT2D eigenvalue weighted by atomic mass is 127. The Morgan fingerprint density at radius 3 is 2.21 bits per heavy atom. The molecule has 0 spiro atoms. The van der Waals surface area contributed by atoms with Gasteiger partial charge in [0.25, 0.3) is 0 Å². The van der Waals surface area contributed by atoms with Gasteiger partial charge in [-0.15, -0.1) is 0 Å². The molecule has 29 heavy (non-hydrogen) atoms. The number of quaternary nitrogens is 1. The summed E-state index contributed by atoms with van der Waals surface area (Å²) in [6.45, 7) is 11.2. The van der Waals surface area contributed by atoms with Crippen LogP contribution in [0.3, 0.4) is 0 Å². The van der Waals surface area contributed by atoms with Crippen LogP contribution in [0.1, 0.15) is 64.2 Å². The maximum Gasteiger partial charge on any atom is 0.514 e. The second kappa shape index (κ2) is 10.3. The second-order valence-electron chi connectivity index (χ2n) is 8.62. The number of carbonyl (C=O) groups is 2. The first kappa shape index (κ1) is 25.6. The topological polar surface area (TPSA) is 57.0 Å². The third-order valence-electron chi connectivity index (χ3n) is 5.65. The van der Waals surface area contributed by atoms with Gasteiger partial charge < -0.3 is 9.47 Å². The summed E-state index contributed by atoms with van der Waals surface area (Å²) in [5.74, 6) is -0.0728. The summed E-state index contributed by atoms with van der Waals surface area (Å²) in [7, 11) is 0. The third kappa shape index (κ3) is 6.90. The molecule has 1 fully saturated rings. The van der Waals surface area contributed by atoms with Gasteiger partial charge in [-0.2, -0.15) is 4.79 Å². The van der Waals surface area contributed by atoms with Gasteiger partial charge in [-0.1, -0.05) is 6.92 Å². The van der Waals surface area contributed by atoms with E-state index < -0.39 is 11.2 Å². The van der Waals surface area contributed by atoms with E-state index in [1.165, 1.54) is 0 Å². The number of hydrogen-bond donors (Lipinski definition) is 1. The molecule has 0 bridgehead atoms. The quantitative estimate of drug-likeness (QED) is 0.261. The van der Waals surface area contributed by atoms with Crippen molar-refractivity contribution in [2.24, 2.45) is 5.92 Å². The highest BCUT2D eigenvalue weighted by Gasteiger charge is 2.40. The summed E-state index contributed by atoms with van der Waals surface area (Å²) in [5.41, 5.74) is -0.411. The van der Waals surface area contributed by atoms with Gasteiger partial charge in [0.15, 0.2) is 0 Å². The first-order chi connectivity index (χ1) is 13.4. The highest BCUT2D eigenvalue weighted by molar-refractivity contribution is 14.1. The Kier molecular flexibility index (Phi) is 9.07. The van der Waals surface area contributed by atoms with E-state index in [1.54, 1.807) is 0 Å². The molecule has 1 N–H and O–H groups in total. The summed E-state index contributed by atoms with van der Waals surface area (Å²) >= 11 is 6.66. The van der Waals surface area contributed by atoms with Crippen LogP contribution in [0.2, 0.25) is 0 Å². The maximum absolute atomic E-state index is 12.9. The van der Waals surface area contributed by atoms with Crippen molar-refractivity contribution in [2.75, 3.05) is 13.1 Å². The number of piperidine rings is 1. The summed E-state index contributed by atoms with van der Waals surface area (Å²) in [6, 6.07) is 3.92. The van der Waals surface area contributed by atoms with Gasteiger partial charge in [0.05, 0.1) is 18.7 Å². The van der Waals surface area contributed by atoms with E-state index in [2.05, 4.69) is 67.8 Å². The van der Waals surface area contributed by atoms with Crippen molar-refractivity contribution in [1.29, 1.82) is 0 Å². The fourth-order valence-electron chi connectivity index (χ4n) is 3.34. The van der Waals surface area contributed by atoms with Crippen LogP contribution in [-0.2, 0) is 9.47 Å². The molecule has 0 aromatic heterocycles. The van der Waals surface area contributed by atoms with Crippen molar-refractivity contribution >= 4 is 79.8 Å². The number of halogens is 3. The molecule has 1 saturated heterocycles. The van der Waals surface area contributed by atoms with Crippen LogP contribution in [0.5, 0.6) is 0 Å². The second-order valence-corrected chi connectivity index (χ2v) is 12.1. The first-order valence-electron chi connectivity index (χ1n) is 9.82. The number of hydrogen-bond acceptors (Lipinski definition) is 4. The Morgan fingerprint density at radius 1 is 1.07 bits per heavy atom. The van der Waals surface area contributed by atoms with Gasteiger partial charge in [-0.05, 0) is 114 Å². The van der Waals surface area contributed by atoms with E-state index in [9.17, 15) is 9.59 Å². The first-order valence-corrected chi connectivity index (χ1v) is 13.1. The SMILES string of the molecule is CCC(C)(C)OC(=O)[NH+]1CCC(C(C)(C)OC(=O)c2cc(I)cc(I)c2I)CC1. The molecule has 2 rings (SSSR count). The lowest BCUT2D eigenvalue weighted by Gasteiger charge is -2.38. The maximum atomic E-state index is 12.9. The van der Waals surface area contributed by atoms with Crippen LogP contribution in [0, 0.1) is 16.6 Å². The van der Waals surface area contributed by atoms with Crippen LogP contribution in [0.4, 0.5) is 4.79 Å². The average molecular weight is 740 g/mol. The lowest BCUT2D eigenvalue weighted by atomic mass is 9.83. The number of alkyl carbamates (subject to hydrolysis) is 2. The van der Waals surface area contributed by atoms with Gasteiger partial charge in [-0.25, -0.2) is 9.69 Å². The Balaban J connectivity index is 1.99. The molecule has 1 aliphatic rings. The summed E-state index contributed by atoms with van der Waals surface area (Å²) in [6.07, 6.45) is 2.25. The normalized spacial score (nSPS) is 20.3. The number of benzene rings is 1. The third-order valence-corrected chi connectivity index (χ3v) is 9.32. The molecule has 1 heterocycles. The zero-order valence-corrected chi connectivity index (χ0v) is 24.0. The Labute approximate surface area is 214 Å². The monoisotopic (exact) mass is 740 g/mol. The zero-order valence-electron chi connectivity index (χ0n) is 17.5. The highest BCUT2D eigenvalue weighted by Crippen LogP contribution is 2.31. The van der Waals surface area contributed by atoms with E-state index in [-0.39, 0.29) is 18.0 Å². The largest absolute Gasteiger partial charge is 0.514 e. The summed E-state index contributed by atoms with van der Waals surface area (Å²) in [5, 5.41) is 0. The smallest absolute Gasteiger partial charge is 0.456 e. The number of ether oxygens (including phenoxy) is 2. The minimum Gasteiger partial charge on any atom is -0.456 e. The van der Waals surface area contributed by atoms with Crippen LogP contribution >= 0.6 is 67.8 Å². The van der Waals surface area contributed by atoms with Crippen LogP contribution in [0.25, 0.3) is 0 Å². The van der Waals surface area contributed by atoms with Gasteiger partial charge in [0.1, 0.15) is 11.2 Å².